The van der Waals surface area contributed by atoms with E-state index in [0.29, 0.717) is 23.5 Å². The largest absolute Gasteiger partial charge is 0.482 e. The molecule has 108 valence electrons. The summed E-state index contributed by atoms with van der Waals surface area (Å²) in [4.78, 5) is 10.7. The molecule has 4 atom stereocenters. The summed E-state index contributed by atoms with van der Waals surface area (Å²) in [6.07, 6.45) is 2.49. The molecule has 0 heterocycles. The zero-order valence-electron chi connectivity index (χ0n) is 11.6. The van der Waals surface area contributed by atoms with Gasteiger partial charge in [0.1, 0.15) is 5.75 Å². The fourth-order valence-corrected chi connectivity index (χ4v) is 3.83. The Hall–Kier alpha value is -1.55. The third kappa shape index (κ3) is 2.29. The fourth-order valence-electron chi connectivity index (χ4n) is 3.83. The first-order valence-corrected chi connectivity index (χ1v) is 7.19. The lowest BCUT2D eigenvalue weighted by atomic mass is 9.75. The second-order valence-electron chi connectivity index (χ2n) is 6.07. The summed E-state index contributed by atoms with van der Waals surface area (Å²) in [5.74, 6) is 1.10. The van der Waals surface area contributed by atoms with Gasteiger partial charge in [0, 0.05) is 0 Å². The quantitative estimate of drug-likeness (QED) is 0.884. The fraction of sp³-hybridized carbons (Fsp3) is 0.562. The summed E-state index contributed by atoms with van der Waals surface area (Å²) in [7, 11) is 0. The molecule has 1 fully saturated rings. The number of carboxylic acid groups (broad SMARTS) is 1. The van der Waals surface area contributed by atoms with Crippen LogP contribution in [-0.2, 0) is 17.6 Å². The van der Waals surface area contributed by atoms with Crippen molar-refractivity contribution in [3.8, 4) is 5.75 Å². The summed E-state index contributed by atoms with van der Waals surface area (Å²) in [5, 5.41) is 18.8. The Labute approximate surface area is 118 Å². The Morgan fingerprint density at radius 2 is 2.20 bits per heavy atom. The first-order valence-electron chi connectivity index (χ1n) is 7.19. The number of aliphatic hydroxyl groups is 1. The number of hydrogen-bond donors (Lipinski definition) is 2. The van der Waals surface area contributed by atoms with Crippen molar-refractivity contribution in [3.63, 3.8) is 0 Å². The average molecular weight is 276 g/mol. The van der Waals surface area contributed by atoms with Crippen molar-refractivity contribution < 1.29 is 19.7 Å². The predicted octanol–water partition coefficient (Wildman–Crippen LogP) is 1.88. The smallest absolute Gasteiger partial charge is 0.341 e. The van der Waals surface area contributed by atoms with Gasteiger partial charge in [-0.05, 0) is 54.2 Å². The van der Waals surface area contributed by atoms with E-state index in [1.807, 2.05) is 12.1 Å². The van der Waals surface area contributed by atoms with Gasteiger partial charge in [-0.1, -0.05) is 19.1 Å². The van der Waals surface area contributed by atoms with Gasteiger partial charge in [0.05, 0.1) is 6.10 Å². The Morgan fingerprint density at radius 3 is 2.95 bits per heavy atom. The van der Waals surface area contributed by atoms with E-state index in [-0.39, 0.29) is 12.7 Å². The average Bonchev–Trinajstić information content (AvgIpc) is 2.69. The first kappa shape index (κ1) is 13.4. The van der Waals surface area contributed by atoms with Crippen molar-refractivity contribution in [1.82, 2.24) is 0 Å². The topological polar surface area (TPSA) is 66.8 Å². The molecule has 4 nitrogen and oxygen atoms in total. The maximum atomic E-state index is 10.7. The number of aliphatic hydroxyl groups excluding tert-OH is 1. The number of benzene rings is 1. The summed E-state index contributed by atoms with van der Waals surface area (Å²) in [5.41, 5.74) is 2.38. The Balaban J connectivity index is 1.85. The van der Waals surface area contributed by atoms with Crippen LogP contribution in [0.25, 0.3) is 0 Å². The van der Waals surface area contributed by atoms with E-state index in [1.165, 1.54) is 5.56 Å². The van der Waals surface area contributed by atoms with Gasteiger partial charge in [0.15, 0.2) is 6.61 Å². The summed E-state index contributed by atoms with van der Waals surface area (Å²) >= 11 is 0. The van der Waals surface area contributed by atoms with Crippen LogP contribution in [0.5, 0.6) is 5.75 Å². The molecule has 2 N–H and O–H groups in total. The molecular weight excluding hydrogens is 256 g/mol. The number of rotatable bonds is 3. The highest BCUT2D eigenvalue weighted by Gasteiger charge is 2.42. The number of hydrogen-bond acceptors (Lipinski definition) is 3. The van der Waals surface area contributed by atoms with Gasteiger partial charge in [-0.25, -0.2) is 4.79 Å². The van der Waals surface area contributed by atoms with Crippen molar-refractivity contribution in [2.24, 2.45) is 17.8 Å². The second kappa shape index (κ2) is 5.09. The summed E-state index contributed by atoms with van der Waals surface area (Å²) < 4.78 is 5.41. The highest BCUT2D eigenvalue weighted by molar-refractivity contribution is 5.68. The third-order valence-electron chi connectivity index (χ3n) is 4.94. The molecule has 1 aromatic carbocycles. The maximum absolute atomic E-state index is 10.7. The predicted molar refractivity (Wildman–Crippen MR) is 73.7 cm³/mol. The number of ether oxygens (including phenoxy) is 1. The van der Waals surface area contributed by atoms with Crippen LogP contribution >= 0.6 is 0 Å². The lowest BCUT2D eigenvalue weighted by Crippen LogP contribution is -2.25. The molecule has 3 rings (SSSR count). The minimum absolute atomic E-state index is 0.206. The van der Waals surface area contributed by atoms with Crippen LogP contribution in [0.4, 0.5) is 0 Å². The van der Waals surface area contributed by atoms with Crippen molar-refractivity contribution in [2.75, 3.05) is 6.61 Å². The molecule has 1 unspecified atom stereocenters. The van der Waals surface area contributed by atoms with E-state index >= 15 is 0 Å². The van der Waals surface area contributed by atoms with E-state index in [0.717, 1.165) is 24.8 Å². The molecular formula is C16H20O4. The normalized spacial score (nSPS) is 31.5. The van der Waals surface area contributed by atoms with Gasteiger partial charge in [0.2, 0.25) is 0 Å². The molecule has 2 aliphatic rings. The summed E-state index contributed by atoms with van der Waals surface area (Å²) in [6.45, 7) is 1.83. The van der Waals surface area contributed by atoms with E-state index in [2.05, 4.69) is 13.0 Å². The molecule has 0 aromatic heterocycles. The maximum Gasteiger partial charge on any atom is 0.341 e. The molecule has 4 heteroatoms. The molecule has 0 spiro atoms. The molecule has 20 heavy (non-hydrogen) atoms. The molecule has 1 aromatic rings. The van der Waals surface area contributed by atoms with Gasteiger partial charge in [-0.3, -0.25) is 0 Å². The Bertz CT molecular complexity index is 525. The third-order valence-corrected chi connectivity index (χ3v) is 4.94. The highest BCUT2D eigenvalue weighted by Crippen LogP contribution is 2.46. The van der Waals surface area contributed by atoms with Crippen LogP contribution in [0.3, 0.4) is 0 Å². The molecule has 0 bridgehead atoms. The SMILES string of the molecule is CC1[C@H](O)C[C@@H]2Cc3c(cccc3OCC(=O)O)C[C@H]12. The number of fused-ring (bicyclic) bond motifs is 2. The minimum atomic E-state index is -0.957. The first-order chi connectivity index (χ1) is 9.56. The lowest BCUT2D eigenvalue weighted by Gasteiger charge is -2.31. The van der Waals surface area contributed by atoms with E-state index in [1.54, 1.807) is 0 Å². The van der Waals surface area contributed by atoms with Crippen LogP contribution in [-0.4, -0.2) is 28.9 Å². The standard InChI is InChI=1S/C16H20O4/c1-9-12-5-10-3-2-4-15(20-8-16(18)19)13(10)6-11(12)7-14(9)17/h2-4,9,11-12,14,17H,5-8H2,1H3,(H,18,19)/t9?,11-,12+,14+/m0/s1. The van der Waals surface area contributed by atoms with Crippen molar-refractivity contribution in [3.05, 3.63) is 29.3 Å². The van der Waals surface area contributed by atoms with Gasteiger partial charge in [0.25, 0.3) is 0 Å². The zero-order valence-corrected chi connectivity index (χ0v) is 11.6. The number of carbonyl (C=O) groups is 1. The van der Waals surface area contributed by atoms with Crippen LogP contribution in [0.2, 0.25) is 0 Å². The minimum Gasteiger partial charge on any atom is -0.482 e. The molecule has 0 amide bonds. The van der Waals surface area contributed by atoms with Crippen molar-refractivity contribution in [1.29, 1.82) is 0 Å². The monoisotopic (exact) mass is 276 g/mol. The van der Waals surface area contributed by atoms with E-state index in [9.17, 15) is 9.90 Å². The molecule has 1 saturated carbocycles. The zero-order chi connectivity index (χ0) is 14.3. The highest BCUT2D eigenvalue weighted by atomic mass is 16.5. The summed E-state index contributed by atoms with van der Waals surface area (Å²) in [6, 6.07) is 5.86. The van der Waals surface area contributed by atoms with Crippen LogP contribution < -0.4 is 4.74 Å². The Morgan fingerprint density at radius 1 is 1.40 bits per heavy atom. The second-order valence-corrected chi connectivity index (χ2v) is 6.07. The van der Waals surface area contributed by atoms with E-state index < -0.39 is 5.97 Å². The van der Waals surface area contributed by atoms with E-state index in [4.69, 9.17) is 9.84 Å². The van der Waals surface area contributed by atoms with Crippen LogP contribution in [0, 0.1) is 17.8 Å². The van der Waals surface area contributed by atoms with Crippen molar-refractivity contribution in [2.45, 2.75) is 32.3 Å². The number of carboxylic acids is 1. The van der Waals surface area contributed by atoms with Crippen molar-refractivity contribution >= 4 is 5.97 Å². The Kier molecular flexibility index (Phi) is 3.42. The molecule has 2 aliphatic carbocycles. The molecule has 0 radical (unpaired) electrons. The number of aliphatic carboxylic acids is 1. The van der Waals surface area contributed by atoms with Gasteiger partial charge >= 0.3 is 5.97 Å². The molecule has 0 aliphatic heterocycles. The van der Waals surface area contributed by atoms with Gasteiger partial charge in [-0.2, -0.15) is 0 Å². The van der Waals surface area contributed by atoms with Crippen LogP contribution in [0.15, 0.2) is 18.2 Å². The van der Waals surface area contributed by atoms with Gasteiger partial charge in [-0.15, -0.1) is 0 Å². The lowest BCUT2D eigenvalue weighted by molar-refractivity contribution is -0.139. The molecule has 0 saturated heterocycles. The van der Waals surface area contributed by atoms with Gasteiger partial charge < -0.3 is 14.9 Å². The van der Waals surface area contributed by atoms with Crippen LogP contribution in [0.1, 0.15) is 24.5 Å².